The average Bonchev–Trinajstić information content (AvgIpc) is 2.45. The summed E-state index contributed by atoms with van der Waals surface area (Å²) >= 11 is 0. The van der Waals surface area contributed by atoms with E-state index in [9.17, 15) is 26.8 Å². The van der Waals surface area contributed by atoms with E-state index in [0.29, 0.717) is 6.08 Å². The van der Waals surface area contributed by atoms with Crippen LogP contribution < -0.4 is 0 Å². The van der Waals surface area contributed by atoms with Crippen molar-refractivity contribution >= 4 is 31.7 Å². The van der Waals surface area contributed by atoms with E-state index in [4.69, 9.17) is 9.11 Å². The molecule has 0 aliphatic heterocycles. The van der Waals surface area contributed by atoms with Crippen LogP contribution in [0.5, 0.6) is 0 Å². The Morgan fingerprint density at radius 2 is 1.62 bits per heavy atom. The first-order valence-electron chi connectivity index (χ1n) is 6.15. The highest BCUT2D eigenvalue weighted by Gasteiger charge is 2.29. The average molecular weight is 374 g/mol. The number of carbonyl (C=O) groups excluding carboxylic acids is 1. The molecule has 2 rings (SSSR count). The maximum atomic E-state index is 11.9. The van der Waals surface area contributed by atoms with E-state index < -0.39 is 41.9 Å². The molecule has 0 radical (unpaired) electrons. The summed E-state index contributed by atoms with van der Waals surface area (Å²) in [4.78, 5) is 10.7. The van der Waals surface area contributed by atoms with E-state index in [1.165, 1.54) is 0 Å². The number of hydrogen-bond acceptors (Lipinski definition) is 7. The van der Waals surface area contributed by atoms with E-state index >= 15 is 0 Å². The molecular formula is C12H10N2O8S2. The fourth-order valence-corrected chi connectivity index (χ4v) is 2.75. The molecule has 1 aromatic rings. The Kier molecular flexibility index (Phi) is 4.66. The third-order valence-electron chi connectivity index (χ3n) is 2.90. The van der Waals surface area contributed by atoms with Crippen LogP contribution in [-0.4, -0.2) is 42.6 Å². The van der Waals surface area contributed by atoms with Crippen molar-refractivity contribution in [1.29, 1.82) is 0 Å². The molecule has 0 saturated carbocycles. The highest BCUT2D eigenvalue weighted by atomic mass is 32.2. The van der Waals surface area contributed by atoms with Crippen LogP contribution in [0.2, 0.25) is 0 Å². The number of ketones is 1. The molecule has 0 bridgehead atoms. The summed E-state index contributed by atoms with van der Waals surface area (Å²) in [6.45, 7) is 0. The predicted molar refractivity (Wildman–Crippen MR) is 79.5 cm³/mol. The lowest BCUT2D eigenvalue weighted by molar-refractivity contribution is -0.538. The summed E-state index contributed by atoms with van der Waals surface area (Å²) in [6, 6.07) is 2.85. The molecule has 128 valence electrons. The van der Waals surface area contributed by atoms with Gasteiger partial charge < -0.3 is 5.21 Å². The van der Waals surface area contributed by atoms with Gasteiger partial charge in [-0.2, -0.15) is 16.8 Å². The highest BCUT2D eigenvalue weighted by molar-refractivity contribution is 7.90. The number of rotatable bonds is 4. The van der Waals surface area contributed by atoms with Crippen molar-refractivity contribution in [2.24, 2.45) is 5.11 Å². The Balaban J connectivity index is 2.25. The molecule has 0 saturated heterocycles. The van der Waals surface area contributed by atoms with E-state index in [2.05, 4.69) is 5.11 Å². The second-order valence-electron chi connectivity index (χ2n) is 4.60. The minimum absolute atomic E-state index is 0.00143. The first kappa shape index (κ1) is 17.9. The first-order chi connectivity index (χ1) is 11.0. The van der Waals surface area contributed by atoms with Crippen molar-refractivity contribution in [2.45, 2.75) is 10.9 Å². The van der Waals surface area contributed by atoms with Gasteiger partial charge in [0.15, 0.2) is 0 Å². The molecule has 1 aliphatic rings. The van der Waals surface area contributed by atoms with Crippen LogP contribution in [0.4, 0.5) is 5.69 Å². The molecule has 10 nitrogen and oxygen atoms in total. The number of benzene rings is 1. The Bertz CT molecular complexity index is 972. The Morgan fingerprint density at radius 1 is 1.04 bits per heavy atom. The maximum absolute atomic E-state index is 11.9. The molecule has 1 atom stereocenters. The number of carbonyl (C=O) groups is 1. The van der Waals surface area contributed by atoms with E-state index in [0.717, 1.165) is 36.4 Å². The van der Waals surface area contributed by atoms with Gasteiger partial charge in [-0.3, -0.25) is 13.9 Å². The fourth-order valence-electron chi connectivity index (χ4n) is 1.76. The predicted octanol–water partition coefficient (Wildman–Crippen LogP) is 0.806. The topological polar surface area (TPSA) is 164 Å². The molecule has 1 aliphatic carbocycles. The number of allylic oxidation sites excluding steroid dienone is 1. The number of hydrogen-bond donors (Lipinski definition) is 2. The van der Waals surface area contributed by atoms with Crippen molar-refractivity contribution in [3.63, 3.8) is 0 Å². The minimum atomic E-state index is -4.56. The number of azo groups is 1. The molecule has 12 heteroatoms. The molecule has 2 N–H and O–H groups in total. The number of nitrogens with zero attached hydrogens (tertiary/aromatic N) is 2. The Hall–Kier alpha value is -2.41. The van der Waals surface area contributed by atoms with Gasteiger partial charge in [0, 0.05) is 11.2 Å². The Morgan fingerprint density at radius 3 is 2.08 bits per heavy atom. The zero-order chi connectivity index (χ0) is 18.1. The molecule has 0 spiro atoms. The van der Waals surface area contributed by atoms with Crippen LogP contribution >= 0.6 is 0 Å². The zero-order valence-corrected chi connectivity index (χ0v) is 13.3. The van der Waals surface area contributed by atoms with Gasteiger partial charge in [0.2, 0.25) is 5.78 Å². The summed E-state index contributed by atoms with van der Waals surface area (Å²) in [5.41, 5.74) is 0.00292. The lowest BCUT2D eigenvalue weighted by atomic mass is 10.1. The molecular weight excluding hydrogens is 364 g/mol. The van der Waals surface area contributed by atoms with Crippen LogP contribution in [0.1, 0.15) is 0 Å². The van der Waals surface area contributed by atoms with E-state index in [1.54, 1.807) is 0 Å². The lowest BCUT2D eigenvalue weighted by Crippen LogP contribution is -2.29. The summed E-state index contributed by atoms with van der Waals surface area (Å²) in [6.07, 6.45) is 2.44. The van der Waals surface area contributed by atoms with Crippen molar-refractivity contribution in [2.75, 3.05) is 0 Å². The van der Waals surface area contributed by atoms with Gasteiger partial charge in [0.1, 0.15) is 5.69 Å². The van der Waals surface area contributed by atoms with Gasteiger partial charge in [0.25, 0.3) is 26.3 Å². The maximum Gasteiger partial charge on any atom is 0.294 e. The van der Waals surface area contributed by atoms with Crippen LogP contribution in [0.15, 0.2) is 57.4 Å². The molecule has 1 aromatic carbocycles. The summed E-state index contributed by atoms with van der Waals surface area (Å²) in [7, 11) is -8.95. The molecule has 0 fully saturated rings. The molecule has 0 amide bonds. The molecule has 0 aromatic heterocycles. The first-order valence-corrected chi connectivity index (χ1v) is 9.03. The van der Waals surface area contributed by atoms with Crippen molar-refractivity contribution in [3.05, 3.63) is 52.6 Å². The third-order valence-corrected chi connectivity index (χ3v) is 4.62. The molecule has 0 heterocycles. The minimum Gasteiger partial charge on any atom is -0.599 e. The molecule has 1 unspecified atom stereocenters. The quantitative estimate of drug-likeness (QED) is 0.338. The zero-order valence-electron chi connectivity index (χ0n) is 11.7. The van der Waals surface area contributed by atoms with Crippen LogP contribution in [0, 0.1) is 5.21 Å². The van der Waals surface area contributed by atoms with Crippen LogP contribution in [-0.2, 0) is 25.0 Å². The Labute approximate surface area is 136 Å². The molecule has 24 heavy (non-hydrogen) atoms. The lowest BCUT2D eigenvalue weighted by Gasteiger charge is -2.11. The smallest absolute Gasteiger partial charge is 0.294 e. The number of hydroxylamine groups is 1. The van der Waals surface area contributed by atoms with Gasteiger partial charge >= 0.3 is 0 Å². The largest absolute Gasteiger partial charge is 0.599 e. The van der Waals surface area contributed by atoms with Crippen molar-refractivity contribution in [3.8, 4) is 0 Å². The third kappa shape index (κ3) is 4.11. The van der Waals surface area contributed by atoms with Gasteiger partial charge in [-0.05, 0) is 36.4 Å². The van der Waals surface area contributed by atoms with Gasteiger partial charge in [-0.25, -0.2) is 0 Å². The van der Waals surface area contributed by atoms with Crippen molar-refractivity contribution < 1.29 is 35.6 Å². The van der Waals surface area contributed by atoms with E-state index in [-0.39, 0.29) is 10.5 Å². The van der Waals surface area contributed by atoms with Gasteiger partial charge in [-0.15, -0.1) is 0 Å². The summed E-state index contributed by atoms with van der Waals surface area (Å²) in [5, 5.41) is 15.4. The fraction of sp³-hybridized carbons (Fsp3) is 0.0833. The van der Waals surface area contributed by atoms with E-state index in [1.807, 2.05) is 0 Å². The summed E-state index contributed by atoms with van der Waals surface area (Å²) < 4.78 is 61.3. The normalized spacial score (nSPS) is 19.2. The van der Waals surface area contributed by atoms with Crippen molar-refractivity contribution in [1.82, 2.24) is 0 Å². The summed E-state index contributed by atoms with van der Waals surface area (Å²) in [5.74, 6) is -0.904. The van der Waals surface area contributed by atoms with Crippen LogP contribution in [0.25, 0.3) is 0 Å². The second-order valence-corrected chi connectivity index (χ2v) is 7.44. The SMILES string of the molecule is O=C1C=C(S(=O)(=O)O)C=CC1[N+]([O-])=Nc1ccc(S(=O)(=O)O)cc1. The second kappa shape index (κ2) is 6.24. The monoisotopic (exact) mass is 374 g/mol. The van der Waals surface area contributed by atoms with Gasteiger partial charge in [0.05, 0.1) is 9.80 Å². The van der Waals surface area contributed by atoms with Crippen LogP contribution in [0.3, 0.4) is 0 Å². The van der Waals surface area contributed by atoms with Gasteiger partial charge in [-0.1, -0.05) is 4.86 Å². The highest BCUT2D eigenvalue weighted by Crippen LogP contribution is 2.19. The standard InChI is InChI=1S/C12H10N2O8S2/c15-12-7-10(24(20,21)22)5-6-11(12)14(16)13-8-1-3-9(4-2-8)23(17,18)19/h1-7,11H,(H,17,18,19)(H,20,21,22).